The van der Waals surface area contributed by atoms with E-state index in [9.17, 15) is 18.3 Å². The molecule has 6 heteroatoms. The Morgan fingerprint density at radius 3 is 2.33 bits per heavy atom. The number of halogens is 3. The van der Waals surface area contributed by atoms with Gasteiger partial charge in [-0.15, -0.1) is 0 Å². The van der Waals surface area contributed by atoms with Gasteiger partial charge in [0.25, 0.3) is 0 Å². The van der Waals surface area contributed by atoms with Crippen molar-refractivity contribution in [1.82, 2.24) is 9.88 Å². The number of benzene rings is 1. The van der Waals surface area contributed by atoms with Crippen molar-refractivity contribution in [2.45, 2.75) is 31.7 Å². The average Bonchev–Trinajstić information content (AvgIpc) is 2.54. The van der Waals surface area contributed by atoms with Crippen molar-refractivity contribution >= 4 is 0 Å². The Kier molecular flexibility index (Phi) is 5.96. The number of alkyl halides is 3. The molecule has 2 rings (SSSR count). The maximum absolute atomic E-state index is 12.5. The quantitative estimate of drug-likeness (QED) is 0.872. The molecule has 2 atom stereocenters. The fraction of sp³-hybridized carbons (Fsp3) is 0.389. The number of aliphatic hydroxyl groups is 1. The van der Waals surface area contributed by atoms with E-state index in [1.54, 1.807) is 6.20 Å². The van der Waals surface area contributed by atoms with Crippen molar-refractivity contribution in [3.05, 3.63) is 65.5 Å². The molecular weight excluding hydrogens is 317 g/mol. The molecule has 130 valence electrons. The van der Waals surface area contributed by atoms with Gasteiger partial charge in [0.2, 0.25) is 0 Å². The summed E-state index contributed by atoms with van der Waals surface area (Å²) in [5.41, 5.74) is 0.901. The minimum absolute atomic E-state index is 0.0356. The summed E-state index contributed by atoms with van der Waals surface area (Å²) in [6.45, 7) is 2.39. The molecule has 1 heterocycles. The number of rotatable bonds is 6. The van der Waals surface area contributed by atoms with Crippen molar-refractivity contribution in [2.75, 3.05) is 13.6 Å². The summed E-state index contributed by atoms with van der Waals surface area (Å²) in [6, 6.07) is 10.6. The molecule has 2 unspecified atom stereocenters. The van der Waals surface area contributed by atoms with Crippen molar-refractivity contribution in [2.24, 2.45) is 0 Å². The lowest BCUT2D eigenvalue weighted by molar-refractivity contribution is -0.137. The summed E-state index contributed by atoms with van der Waals surface area (Å²) in [5, 5.41) is 10.2. The van der Waals surface area contributed by atoms with Crippen LogP contribution in [0.15, 0.2) is 48.7 Å². The first-order valence-corrected chi connectivity index (χ1v) is 7.72. The van der Waals surface area contributed by atoms with Crippen LogP contribution in [-0.4, -0.2) is 34.7 Å². The molecule has 2 aromatic rings. The van der Waals surface area contributed by atoms with Gasteiger partial charge in [-0.05, 0) is 50.2 Å². The van der Waals surface area contributed by atoms with Gasteiger partial charge in [-0.3, -0.25) is 9.88 Å². The predicted molar refractivity (Wildman–Crippen MR) is 86.4 cm³/mol. The molecule has 0 radical (unpaired) electrons. The van der Waals surface area contributed by atoms with Gasteiger partial charge in [-0.25, -0.2) is 0 Å². The topological polar surface area (TPSA) is 36.4 Å². The Labute approximate surface area is 139 Å². The first kappa shape index (κ1) is 18.4. The highest BCUT2D eigenvalue weighted by Gasteiger charge is 2.30. The molecule has 0 aliphatic heterocycles. The molecule has 1 N–H and O–H groups in total. The normalized spacial score (nSPS) is 14.6. The van der Waals surface area contributed by atoms with E-state index in [-0.39, 0.29) is 6.04 Å². The van der Waals surface area contributed by atoms with Crippen molar-refractivity contribution < 1.29 is 18.3 Å². The van der Waals surface area contributed by atoms with E-state index < -0.39 is 17.8 Å². The maximum atomic E-state index is 12.5. The molecule has 3 nitrogen and oxygen atoms in total. The first-order chi connectivity index (χ1) is 11.3. The molecule has 0 aliphatic rings. The summed E-state index contributed by atoms with van der Waals surface area (Å²) in [5.74, 6) is 0. The molecule has 0 bridgehead atoms. The number of likely N-dealkylation sites (N-methyl/N-ethyl adjacent to an activating group) is 1. The highest BCUT2D eigenvalue weighted by molar-refractivity contribution is 5.25. The number of aromatic nitrogens is 1. The molecule has 0 saturated carbocycles. The lowest BCUT2D eigenvalue weighted by Gasteiger charge is -2.26. The van der Waals surface area contributed by atoms with Gasteiger partial charge < -0.3 is 5.11 Å². The smallest absolute Gasteiger partial charge is 0.391 e. The molecule has 0 fully saturated rings. The van der Waals surface area contributed by atoms with Crippen molar-refractivity contribution in [3.8, 4) is 0 Å². The summed E-state index contributed by atoms with van der Waals surface area (Å²) in [4.78, 5) is 6.26. The average molecular weight is 338 g/mol. The zero-order valence-electron chi connectivity index (χ0n) is 13.7. The zero-order chi connectivity index (χ0) is 17.7. The number of hydrogen-bond donors (Lipinski definition) is 1. The molecule has 0 saturated heterocycles. The monoisotopic (exact) mass is 338 g/mol. The Balaban J connectivity index is 1.91. The van der Waals surface area contributed by atoms with Gasteiger partial charge in [-0.1, -0.05) is 18.2 Å². The fourth-order valence-corrected chi connectivity index (χ4v) is 2.51. The molecule has 1 aromatic heterocycles. The SMILES string of the molecule is CC(c1ccccn1)N(C)CC(O)Cc1ccc(C(F)(F)F)cc1. The third-order valence-corrected chi connectivity index (χ3v) is 4.03. The Morgan fingerprint density at radius 1 is 1.12 bits per heavy atom. The summed E-state index contributed by atoms with van der Waals surface area (Å²) >= 11 is 0. The minimum Gasteiger partial charge on any atom is -0.391 e. The van der Waals surface area contributed by atoms with E-state index in [1.807, 2.05) is 37.1 Å². The second-order valence-corrected chi connectivity index (χ2v) is 5.92. The third kappa shape index (κ3) is 5.04. The van der Waals surface area contributed by atoms with Gasteiger partial charge in [-0.2, -0.15) is 13.2 Å². The van der Waals surface area contributed by atoms with Crippen LogP contribution in [0.2, 0.25) is 0 Å². The first-order valence-electron chi connectivity index (χ1n) is 7.72. The van der Waals surface area contributed by atoms with Gasteiger partial charge >= 0.3 is 6.18 Å². The van der Waals surface area contributed by atoms with Crippen LogP contribution in [0.25, 0.3) is 0 Å². The molecular formula is C18H21F3N2O. The number of aliphatic hydroxyl groups excluding tert-OH is 1. The second kappa shape index (κ2) is 7.77. The highest BCUT2D eigenvalue weighted by atomic mass is 19.4. The summed E-state index contributed by atoms with van der Waals surface area (Å²) in [6.07, 6.45) is -2.98. The second-order valence-electron chi connectivity index (χ2n) is 5.92. The van der Waals surface area contributed by atoms with E-state index in [2.05, 4.69) is 4.98 Å². The van der Waals surface area contributed by atoms with Crippen LogP contribution in [-0.2, 0) is 12.6 Å². The number of hydrogen-bond acceptors (Lipinski definition) is 3. The van der Waals surface area contributed by atoms with Crippen LogP contribution in [0.5, 0.6) is 0 Å². The van der Waals surface area contributed by atoms with Gasteiger partial charge in [0.05, 0.1) is 17.4 Å². The lowest BCUT2D eigenvalue weighted by Crippen LogP contribution is -2.32. The molecule has 0 amide bonds. The van der Waals surface area contributed by atoms with Gasteiger partial charge in [0.1, 0.15) is 0 Å². The zero-order valence-corrected chi connectivity index (χ0v) is 13.7. The van der Waals surface area contributed by atoms with Crippen molar-refractivity contribution in [3.63, 3.8) is 0 Å². The van der Waals surface area contributed by atoms with E-state index in [1.165, 1.54) is 12.1 Å². The number of pyridine rings is 1. The van der Waals surface area contributed by atoms with Crippen LogP contribution >= 0.6 is 0 Å². The van der Waals surface area contributed by atoms with Crippen LogP contribution in [0.1, 0.15) is 29.8 Å². The Morgan fingerprint density at radius 2 is 1.79 bits per heavy atom. The minimum atomic E-state index is -4.34. The Hall–Kier alpha value is -1.92. The molecule has 1 aromatic carbocycles. The molecule has 24 heavy (non-hydrogen) atoms. The largest absolute Gasteiger partial charge is 0.416 e. The standard InChI is InChI=1S/C18H21F3N2O/c1-13(17-5-3-4-10-22-17)23(2)12-16(24)11-14-6-8-15(9-7-14)18(19,20)21/h3-10,13,16,24H,11-12H2,1-2H3. The molecule has 0 spiro atoms. The van der Waals surface area contributed by atoms with E-state index in [0.717, 1.165) is 17.8 Å². The predicted octanol–water partition coefficient (Wildman–Crippen LogP) is 3.70. The fourth-order valence-electron chi connectivity index (χ4n) is 2.51. The summed E-state index contributed by atoms with van der Waals surface area (Å²) in [7, 11) is 1.88. The van der Waals surface area contributed by atoms with Crippen molar-refractivity contribution in [1.29, 1.82) is 0 Å². The number of nitrogens with zero attached hydrogens (tertiary/aromatic N) is 2. The molecule has 0 aliphatic carbocycles. The van der Waals surface area contributed by atoms with Crippen LogP contribution in [0.4, 0.5) is 13.2 Å². The van der Waals surface area contributed by atoms with Crippen LogP contribution in [0, 0.1) is 0 Å². The van der Waals surface area contributed by atoms with E-state index in [4.69, 9.17) is 0 Å². The van der Waals surface area contributed by atoms with E-state index in [0.29, 0.717) is 18.5 Å². The summed E-state index contributed by atoms with van der Waals surface area (Å²) < 4.78 is 37.6. The Bertz CT molecular complexity index is 629. The van der Waals surface area contributed by atoms with E-state index >= 15 is 0 Å². The third-order valence-electron chi connectivity index (χ3n) is 4.03. The maximum Gasteiger partial charge on any atom is 0.416 e. The van der Waals surface area contributed by atoms with Crippen LogP contribution in [0.3, 0.4) is 0 Å². The highest BCUT2D eigenvalue weighted by Crippen LogP contribution is 2.29. The van der Waals surface area contributed by atoms with Gasteiger partial charge in [0.15, 0.2) is 0 Å². The van der Waals surface area contributed by atoms with Crippen LogP contribution < -0.4 is 0 Å². The lowest BCUT2D eigenvalue weighted by atomic mass is 10.0. The van der Waals surface area contributed by atoms with Gasteiger partial charge in [0, 0.05) is 18.8 Å².